The molecule has 0 saturated carbocycles. The molecule has 0 aromatic carbocycles. The van der Waals surface area contributed by atoms with Gasteiger partial charge in [-0.15, -0.1) is 0 Å². The first kappa shape index (κ1) is 20.9. The number of amidine groups is 1. The monoisotopic (exact) mass is 324 g/mol. The molecular formula is C17H32N4S. The molecule has 0 spiro atoms. The molecule has 0 aromatic rings. The molecule has 0 aliphatic carbocycles. The first-order valence-corrected chi connectivity index (χ1v) is 9.33. The largest absolute Gasteiger partial charge is 0.387 e. The average Bonchev–Trinajstić information content (AvgIpc) is 2.53. The van der Waals surface area contributed by atoms with Crippen LogP contribution in [0.25, 0.3) is 0 Å². The molecular weight excluding hydrogens is 292 g/mol. The number of nitrogens with one attached hydrogen (secondary N) is 3. The van der Waals surface area contributed by atoms with Crippen LogP contribution >= 0.6 is 11.8 Å². The molecule has 5 heteroatoms. The quantitative estimate of drug-likeness (QED) is 0.242. The van der Waals surface area contributed by atoms with Gasteiger partial charge >= 0.3 is 0 Å². The second kappa shape index (κ2) is 10.6. The van der Waals surface area contributed by atoms with Crippen LogP contribution in [0.4, 0.5) is 0 Å². The summed E-state index contributed by atoms with van der Waals surface area (Å²) >= 11 is 1.83. The molecule has 0 amide bonds. The number of rotatable bonds is 12. The summed E-state index contributed by atoms with van der Waals surface area (Å²) < 4.78 is 0. The third kappa shape index (κ3) is 5.62. The van der Waals surface area contributed by atoms with Gasteiger partial charge in [0.25, 0.3) is 0 Å². The summed E-state index contributed by atoms with van der Waals surface area (Å²) in [4.78, 5) is 0. The van der Waals surface area contributed by atoms with Crippen LogP contribution < -0.4 is 5.73 Å². The Morgan fingerprint density at radius 2 is 1.91 bits per heavy atom. The minimum absolute atomic E-state index is 0.199. The number of nitrogens with two attached hydrogens (primary N) is 1. The van der Waals surface area contributed by atoms with Crippen LogP contribution in [0.1, 0.15) is 59.8 Å². The van der Waals surface area contributed by atoms with Crippen molar-refractivity contribution in [3.63, 3.8) is 0 Å². The molecule has 0 aliphatic heterocycles. The Kier molecular flexibility index (Phi) is 10.1. The van der Waals surface area contributed by atoms with E-state index in [1.807, 2.05) is 18.7 Å². The number of hydrogen-bond acceptors (Lipinski definition) is 4. The Morgan fingerprint density at radius 3 is 2.32 bits per heavy atom. The summed E-state index contributed by atoms with van der Waals surface area (Å²) in [7, 11) is 0. The first-order valence-electron chi connectivity index (χ1n) is 8.18. The first-order chi connectivity index (χ1) is 10.4. The van der Waals surface area contributed by atoms with Crippen LogP contribution in [0.15, 0.2) is 5.57 Å². The van der Waals surface area contributed by atoms with Crippen LogP contribution in [-0.2, 0) is 0 Å². The van der Waals surface area contributed by atoms with Gasteiger partial charge in [-0.1, -0.05) is 34.1 Å². The van der Waals surface area contributed by atoms with Crippen LogP contribution in [0.3, 0.4) is 0 Å². The minimum Gasteiger partial charge on any atom is -0.387 e. The third-order valence-corrected chi connectivity index (χ3v) is 5.96. The van der Waals surface area contributed by atoms with E-state index in [9.17, 15) is 0 Å². The Bertz CT molecular complexity index is 426. The molecule has 0 bridgehead atoms. The second-order valence-corrected chi connectivity index (χ2v) is 6.93. The van der Waals surface area contributed by atoms with E-state index < -0.39 is 0 Å². The van der Waals surface area contributed by atoms with Gasteiger partial charge in [-0.3, -0.25) is 10.8 Å². The molecule has 4 nitrogen and oxygen atoms in total. The van der Waals surface area contributed by atoms with Crippen molar-refractivity contribution in [3.05, 3.63) is 5.57 Å². The molecule has 5 N–H and O–H groups in total. The van der Waals surface area contributed by atoms with Crippen molar-refractivity contribution in [2.75, 3.05) is 11.5 Å². The molecule has 0 fully saturated rings. The second-order valence-electron chi connectivity index (χ2n) is 5.82. The lowest BCUT2D eigenvalue weighted by atomic mass is 9.73. The molecule has 0 heterocycles. The van der Waals surface area contributed by atoms with Gasteiger partial charge in [-0.25, -0.2) is 0 Å². The van der Waals surface area contributed by atoms with Gasteiger partial charge in [0.05, 0.1) is 5.84 Å². The lowest BCUT2D eigenvalue weighted by molar-refractivity contribution is 0.289. The third-order valence-electron chi connectivity index (χ3n) is 4.67. The Labute approximate surface area is 139 Å². The lowest BCUT2D eigenvalue weighted by Crippen LogP contribution is -2.43. The summed E-state index contributed by atoms with van der Waals surface area (Å²) in [5.74, 6) is 4.96. The zero-order valence-corrected chi connectivity index (χ0v) is 15.3. The van der Waals surface area contributed by atoms with E-state index in [-0.39, 0.29) is 5.41 Å². The van der Waals surface area contributed by atoms with Crippen molar-refractivity contribution >= 4 is 29.2 Å². The highest BCUT2D eigenvalue weighted by molar-refractivity contribution is 7.99. The van der Waals surface area contributed by atoms with Gasteiger partial charge < -0.3 is 11.1 Å². The summed E-state index contributed by atoms with van der Waals surface area (Å²) in [6, 6.07) is 0. The fourth-order valence-electron chi connectivity index (χ4n) is 2.62. The SMILES string of the molecule is CCC(=N)C(=C=N)CCCSCC(CC)(C(=N)N)C(C)CC. The molecule has 0 aliphatic rings. The Hall–Kier alpha value is -1.06. The molecule has 0 radical (unpaired) electrons. The normalized spacial score (nSPS) is 14.7. The zero-order chi connectivity index (χ0) is 17.2. The van der Waals surface area contributed by atoms with Crippen LogP contribution in [0, 0.1) is 27.6 Å². The number of allylic oxidation sites excluding steroid dienone is 1. The molecule has 0 aromatic heterocycles. The summed E-state index contributed by atoms with van der Waals surface area (Å²) in [5, 5.41) is 23.0. The van der Waals surface area contributed by atoms with Gasteiger partial charge in [0.15, 0.2) is 0 Å². The molecule has 2 atom stereocenters. The van der Waals surface area contributed by atoms with E-state index in [1.165, 1.54) is 0 Å². The standard InChI is InChI=1S/C17H32N4S/c1-5-13(4)17(7-3,16(20)21)12-22-10-8-9-14(11-18)15(19)6-2/h13,18-19H,5-10,12H2,1-4H3,(H3,20,21). The maximum absolute atomic E-state index is 7.99. The highest BCUT2D eigenvalue weighted by Gasteiger charge is 2.36. The molecule has 0 saturated heterocycles. The lowest BCUT2D eigenvalue weighted by Gasteiger charge is -2.37. The predicted octanol–water partition coefficient (Wildman–Crippen LogP) is 4.48. The van der Waals surface area contributed by atoms with Crippen LogP contribution in [0.2, 0.25) is 0 Å². The fourth-order valence-corrected chi connectivity index (χ4v) is 4.13. The van der Waals surface area contributed by atoms with E-state index in [2.05, 4.69) is 26.6 Å². The maximum atomic E-state index is 7.99. The van der Waals surface area contributed by atoms with Gasteiger partial charge in [0, 0.05) is 22.5 Å². The molecule has 2 unspecified atom stereocenters. The van der Waals surface area contributed by atoms with Crippen molar-refractivity contribution in [3.8, 4) is 0 Å². The van der Waals surface area contributed by atoms with E-state index in [0.29, 0.717) is 23.9 Å². The Balaban J connectivity index is 4.45. The average molecular weight is 325 g/mol. The molecule has 22 heavy (non-hydrogen) atoms. The summed E-state index contributed by atoms with van der Waals surface area (Å²) in [6.07, 6.45) is 4.27. The zero-order valence-electron chi connectivity index (χ0n) is 14.5. The highest BCUT2D eigenvalue weighted by Crippen LogP contribution is 2.37. The minimum atomic E-state index is -0.199. The van der Waals surface area contributed by atoms with Gasteiger partial charge in [-0.2, -0.15) is 11.8 Å². The van der Waals surface area contributed by atoms with Crippen molar-refractivity contribution in [1.82, 2.24) is 0 Å². The van der Waals surface area contributed by atoms with Crippen LogP contribution in [-0.4, -0.2) is 28.9 Å². The van der Waals surface area contributed by atoms with Crippen LogP contribution in [0.5, 0.6) is 0 Å². The van der Waals surface area contributed by atoms with Crippen molar-refractivity contribution in [2.24, 2.45) is 17.1 Å². The smallest absolute Gasteiger partial charge is 0.0979 e. The van der Waals surface area contributed by atoms with Crippen molar-refractivity contribution < 1.29 is 0 Å². The predicted molar refractivity (Wildman–Crippen MR) is 99.9 cm³/mol. The summed E-state index contributed by atoms with van der Waals surface area (Å²) in [5.41, 5.74) is 6.95. The fraction of sp³-hybridized carbons (Fsp3) is 0.765. The maximum Gasteiger partial charge on any atom is 0.0979 e. The van der Waals surface area contributed by atoms with Crippen molar-refractivity contribution in [1.29, 1.82) is 16.2 Å². The van der Waals surface area contributed by atoms with E-state index in [1.54, 1.807) is 0 Å². The van der Waals surface area contributed by atoms with Gasteiger partial charge in [0.1, 0.15) is 0 Å². The highest BCUT2D eigenvalue weighted by atomic mass is 32.2. The summed E-state index contributed by atoms with van der Waals surface area (Å²) in [6.45, 7) is 8.39. The molecule has 0 rings (SSSR count). The van der Waals surface area contributed by atoms with E-state index in [4.69, 9.17) is 22.0 Å². The van der Waals surface area contributed by atoms with Crippen molar-refractivity contribution in [2.45, 2.75) is 59.8 Å². The van der Waals surface area contributed by atoms with E-state index >= 15 is 0 Å². The molecule has 126 valence electrons. The van der Waals surface area contributed by atoms with Gasteiger partial charge in [0.2, 0.25) is 0 Å². The van der Waals surface area contributed by atoms with Gasteiger partial charge in [-0.05, 0) is 43.2 Å². The topological polar surface area (TPSA) is 97.6 Å². The van der Waals surface area contributed by atoms with E-state index in [0.717, 1.165) is 42.8 Å². The number of hydrogen-bond donors (Lipinski definition) is 4. The Morgan fingerprint density at radius 1 is 1.27 bits per heavy atom. The number of thioether (sulfide) groups is 1.